The lowest BCUT2D eigenvalue weighted by Crippen LogP contribution is -2.55. The first-order valence-electron chi connectivity index (χ1n) is 10.9. The van der Waals surface area contributed by atoms with E-state index in [4.69, 9.17) is 4.74 Å². The molecule has 3 fully saturated rings. The predicted octanol–water partition coefficient (Wildman–Crippen LogP) is 3.52. The Morgan fingerprint density at radius 2 is 2.00 bits per heavy atom. The lowest BCUT2D eigenvalue weighted by Gasteiger charge is -2.59. The van der Waals surface area contributed by atoms with Crippen molar-refractivity contribution >= 4 is 18.2 Å². The molecule has 0 saturated heterocycles. The molecule has 0 aromatic carbocycles. The summed E-state index contributed by atoms with van der Waals surface area (Å²) in [4.78, 5) is 37.0. The van der Waals surface area contributed by atoms with Crippen LogP contribution in [0.5, 0.6) is 0 Å². The second-order valence-corrected chi connectivity index (χ2v) is 9.95. The molecule has 0 aromatic heterocycles. The summed E-state index contributed by atoms with van der Waals surface area (Å²) in [6, 6.07) is 0. The molecule has 0 bridgehead atoms. The van der Waals surface area contributed by atoms with Crippen molar-refractivity contribution in [3.63, 3.8) is 0 Å². The van der Waals surface area contributed by atoms with Gasteiger partial charge in [0.15, 0.2) is 5.78 Å². The third-order valence-electron chi connectivity index (χ3n) is 8.62. The first-order valence-corrected chi connectivity index (χ1v) is 10.9. The zero-order chi connectivity index (χ0) is 20.1. The van der Waals surface area contributed by atoms with Crippen molar-refractivity contribution in [3.05, 3.63) is 11.6 Å². The maximum absolute atomic E-state index is 12.1. The van der Waals surface area contributed by atoms with Crippen LogP contribution in [0, 0.1) is 28.6 Å². The summed E-state index contributed by atoms with van der Waals surface area (Å²) < 4.78 is 5.74. The number of ketones is 1. The highest BCUT2D eigenvalue weighted by molar-refractivity contribution is 5.91. The van der Waals surface area contributed by atoms with Crippen LogP contribution >= 0.6 is 0 Å². The van der Waals surface area contributed by atoms with E-state index in [0.29, 0.717) is 30.7 Å². The van der Waals surface area contributed by atoms with Gasteiger partial charge in [-0.3, -0.25) is 14.4 Å². The molecule has 5 nitrogen and oxygen atoms in total. The maximum atomic E-state index is 12.1. The van der Waals surface area contributed by atoms with E-state index in [-0.39, 0.29) is 28.7 Å². The van der Waals surface area contributed by atoms with Gasteiger partial charge in [-0.05, 0) is 68.8 Å². The summed E-state index contributed by atoms with van der Waals surface area (Å²) in [5, 5.41) is 0. The minimum Gasteiger partial charge on any atom is -0.462 e. The van der Waals surface area contributed by atoms with Crippen molar-refractivity contribution < 1.29 is 19.1 Å². The number of fused-ring (bicyclic) bond motifs is 5. The molecule has 28 heavy (non-hydrogen) atoms. The van der Waals surface area contributed by atoms with Crippen molar-refractivity contribution in [3.8, 4) is 0 Å². The molecule has 0 aliphatic heterocycles. The molecule has 6 unspecified atom stereocenters. The highest BCUT2D eigenvalue weighted by Gasteiger charge is 2.61. The van der Waals surface area contributed by atoms with Crippen LogP contribution in [0.25, 0.3) is 0 Å². The molecule has 5 heteroatoms. The number of nitrogens with zero attached hydrogens (tertiary/aromatic N) is 1. The number of esters is 1. The van der Waals surface area contributed by atoms with Gasteiger partial charge in [-0.1, -0.05) is 12.5 Å². The molecule has 0 radical (unpaired) electrons. The standard InChI is InChI=1S/C23H33NO4/c1-15(26)28-21-7-6-19-18-5-4-16-12-17(27)8-11-23(16,13-24(3)14-25)20(18)9-10-22(19,21)2/h12,14,18-21H,4-11,13H2,1-3H3. The summed E-state index contributed by atoms with van der Waals surface area (Å²) >= 11 is 0. The molecular formula is C23H33NO4. The number of carbonyl (C=O) groups excluding carboxylic acids is 3. The van der Waals surface area contributed by atoms with Gasteiger partial charge in [0.2, 0.25) is 6.41 Å². The Hall–Kier alpha value is -1.65. The van der Waals surface area contributed by atoms with Gasteiger partial charge in [0.1, 0.15) is 6.10 Å². The molecule has 0 N–H and O–H groups in total. The summed E-state index contributed by atoms with van der Waals surface area (Å²) in [7, 11) is 1.86. The Bertz CT molecular complexity index is 715. The monoisotopic (exact) mass is 387 g/mol. The third kappa shape index (κ3) is 2.93. The molecule has 4 rings (SSSR count). The van der Waals surface area contributed by atoms with E-state index in [9.17, 15) is 14.4 Å². The quantitative estimate of drug-likeness (QED) is 0.547. The summed E-state index contributed by atoms with van der Waals surface area (Å²) in [5.74, 6) is 1.74. The second kappa shape index (κ2) is 7.00. The van der Waals surface area contributed by atoms with E-state index in [2.05, 4.69) is 6.92 Å². The average molecular weight is 388 g/mol. The third-order valence-corrected chi connectivity index (χ3v) is 8.62. The Morgan fingerprint density at radius 3 is 2.71 bits per heavy atom. The number of ether oxygens (including phenoxy) is 1. The summed E-state index contributed by atoms with van der Waals surface area (Å²) in [6.07, 6.45) is 10.6. The lowest BCUT2D eigenvalue weighted by molar-refractivity contribution is -0.157. The molecule has 3 saturated carbocycles. The first-order chi connectivity index (χ1) is 13.3. The van der Waals surface area contributed by atoms with Crippen LogP contribution in [0.15, 0.2) is 11.6 Å². The molecule has 1 amide bonds. The molecule has 0 heterocycles. The number of carbonyl (C=O) groups is 3. The first kappa shape index (κ1) is 19.7. The van der Waals surface area contributed by atoms with Crippen LogP contribution in [0.4, 0.5) is 0 Å². The topological polar surface area (TPSA) is 63.7 Å². The number of hydrogen-bond donors (Lipinski definition) is 0. The van der Waals surface area contributed by atoms with E-state index in [0.717, 1.165) is 51.4 Å². The summed E-state index contributed by atoms with van der Waals surface area (Å²) in [6.45, 7) is 4.56. The SMILES string of the molecule is CC(=O)OC1CCC2C3CCC4=CC(=O)CCC4(CN(C)C=O)C3CCC12C. The largest absolute Gasteiger partial charge is 0.462 e. The molecule has 0 spiro atoms. The van der Waals surface area contributed by atoms with Crippen LogP contribution in [-0.2, 0) is 19.1 Å². The van der Waals surface area contributed by atoms with Gasteiger partial charge in [0.05, 0.1) is 0 Å². The fraction of sp³-hybridized carbons (Fsp3) is 0.783. The van der Waals surface area contributed by atoms with Crippen molar-refractivity contribution in [2.75, 3.05) is 13.6 Å². The number of hydrogen-bond acceptors (Lipinski definition) is 4. The average Bonchev–Trinajstić information content (AvgIpc) is 2.98. The molecule has 154 valence electrons. The highest BCUT2D eigenvalue weighted by Crippen LogP contribution is 2.65. The van der Waals surface area contributed by atoms with Crippen molar-refractivity contribution in [2.45, 2.75) is 71.3 Å². The minimum absolute atomic E-state index is 0.0365. The van der Waals surface area contributed by atoms with E-state index in [1.54, 1.807) is 4.90 Å². The Kier molecular flexibility index (Phi) is 4.91. The van der Waals surface area contributed by atoms with Gasteiger partial charge in [0.25, 0.3) is 0 Å². The molecule has 0 aromatic rings. The van der Waals surface area contributed by atoms with Gasteiger partial charge in [0, 0.05) is 37.8 Å². The van der Waals surface area contributed by atoms with Gasteiger partial charge < -0.3 is 9.64 Å². The van der Waals surface area contributed by atoms with E-state index >= 15 is 0 Å². The molecule has 4 aliphatic rings. The Balaban J connectivity index is 1.67. The van der Waals surface area contributed by atoms with Gasteiger partial charge in [-0.15, -0.1) is 0 Å². The Labute approximate surface area is 167 Å². The number of rotatable bonds is 4. The zero-order valence-electron chi connectivity index (χ0n) is 17.4. The van der Waals surface area contributed by atoms with Crippen LogP contribution in [0.2, 0.25) is 0 Å². The maximum Gasteiger partial charge on any atom is 0.302 e. The fourth-order valence-corrected chi connectivity index (χ4v) is 7.49. The molecule has 6 atom stereocenters. The smallest absolute Gasteiger partial charge is 0.302 e. The van der Waals surface area contributed by atoms with Crippen LogP contribution < -0.4 is 0 Å². The van der Waals surface area contributed by atoms with Crippen molar-refractivity contribution in [1.29, 1.82) is 0 Å². The molecular weight excluding hydrogens is 354 g/mol. The lowest BCUT2D eigenvalue weighted by atomic mass is 9.46. The second-order valence-electron chi connectivity index (χ2n) is 9.95. The van der Waals surface area contributed by atoms with E-state index in [1.165, 1.54) is 12.5 Å². The normalized spacial score (nSPS) is 42.0. The van der Waals surface area contributed by atoms with Crippen LogP contribution in [-0.4, -0.2) is 42.8 Å². The Morgan fingerprint density at radius 1 is 1.21 bits per heavy atom. The number of amides is 1. The molecule has 4 aliphatic carbocycles. The van der Waals surface area contributed by atoms with Gasteiger partial charge in [-0.2, -0.15) is 0 Å². The van der Waals surface area contributed by atoms with E-state index in [1.807, 2.05) is 13.1 Å². The predicted molar refractivity (Wildman–Crippen MR) is 105 cm³/mol. The van der Waals surface area contributed by atoms with Crippen molar-refractivity contribution in [1.82, 2.24) is 4.90 Å². The minimum atomic E-state index is -0.169. The van der Waals surface area contributed by atoms with Crippen LogP contribution in [0.3, 0.4) is 0 Å². The zero-order valence-corrected chi connectivity index (χ0v) is 17.4. The summed E-state index contributed by atoms with van der Waals surface area (Å²) in [5.41, 5.74) is 1.31. The fourth-order valence-electron chi connectivity index (χ4n) is 7.49. The van der Waals surface area contributed by atoms with Gasteiger partial charge >= 0.3 is 5.97 Å². The van der Waals surface area contributed by atoms with E-state index < -0.39 is 0 Å². The van der Waals surface area contributed by atoms with Gasteiger partial charge in [-0.25, -0.2) is 0 Å². The van der Waals surface area contributed by atoms with Crippen LogP contribution in [0.1, 0.15) is 65.2 Å². The highest BCUT2D eigenvalue weighted by atomic mass is 16.5. The van der Waals surface area contributed by atoms with Crippen molar-refractivity contribution in [2.24, 2.45) is 28.6 Å².